The summed E-state index contributed by atoms with van der Waals surface area (Å²) in [6.45, 7) is 3.99. The molecule has 0 unspecified atom stereocenters. The third-order valence-electron chi connectivity index (χ3n) is 3.13. The molecule has 1 saturated heterocycles. The summed E-state index contributed by atoms with van der Waals surface area (Å²) in [6, 6.07) is 2.64. The molecule has 1 heterocycles. The van der Waals surface area contributed by atoms with E-state index in [1.807, 2.05) is 0 Å². The molecule has 0 amide bonds. The summed E-state index contributed by atoms with van der Waals surface area (Å²) in [5.74, 6) is -1.15. The zero-order valence-electron chi connectivity index (χ0n) is 10.7. The van der Waals surface area contributed by atoms with Crippen molar-refractivity contribution in [3.63, 3.8) is 0 Å². The van der Waals surface area contributed by atoms with Gasteiger partial charge in [-0.05, 0) is 43.5 Å². The third kappa shape index (κ3) is 2.49. The van der Waals surface area contributed by atoms with E-state index in [-0.39, 0.29) is 17.0 Å². The largest absolute Gasteiger partial charge is 0.478 e. The highest BCUT2D eigenvalue weighted by molar-refractivity contribution is 7.89. The molecule has 1 fully saturated rings. The van der Waals surface area contributed by atoms with Gasteiger partial charge in [-0.2, -0.15) is 0 Å². The van der Waals surface area contributed by atoms with Crippen LogP contribution in [0.4, 0.5) is 0 Å². The number of sulfonamides is 1. The Labute approximate surface area is 111 Å². The Morgan fingerprint density at radius 2 is 2.05 bits per heavy atom. The van der Waals surface area contributed by atoms with Gasteiger partial charge in [-0.15, -0.1) is 0 Å². The second-order valence-electron chi connectivity index (χ2n) is 4.44. The second kappa shape index (κ2) is 4.92. The average molecular weight is 285 g/mol. The van der Waals surface area contributed by atoms with Crippen molar-refractivity contribution in [3.8, 4) is 0 Å². The van der Waals surface area contributed by atoms with E-state index in [2.05, 4.69) is 0 Å². The van der Waals surface area contributed by atoms with E-state index in [1.54, 1.807) is 13.8 Å². The Morgan fingerprint density at radius 1 is 1.37 bits per heavy atom. The summed E-state index contributed by atoms with van der Waals surface area (Å²) in [5.41, 5.74) is 1.12. The van der Waals surface area contributed by atoms with Gasteiger partial charge in [-0.1, -0.05) is 4.47 Å². The maximum absolute atomic E-state index is 12.4. The molecule has 0 aliphatic carbocycles. The number of benzene rings is 1. The zero-order valence-corrected chi connectivity index (χ0v) is 11.5. The number of rotatable bonds is 3. The minimum absolute atomic E-state index is 0.00759. The van der Waals surface area contributed by atoms with Crippen molar-refractivity contribution in [1.82, 2.24) is 4.47 Å². The normalized spacial score (nSPS) is 16.7. The van der Waals surface area contributed by atoms with Crippen LogP contribution in [-0.2, 0) is 14.9 Å². The Kier molecular flexibility index (Phi) is 3.62. The molecule has 1 aromatic rings. The number of carboxylic acids is 1. The van der Waals surface area contributed by atoms with Gasteiger partial charge in [0.2, 0.25) is 0 Å². The van der Waals surface area contributed by atoms with Gasteiger partial charge in [0.05, 0.1) is 17.1 Å². The van der Waals surface area contributed by atoms with Crippen LogP contribution < -0.4 is 0 Å². The van der Waals surface area contributed by atoms with Gasteiger partial charge >= 0.3 is 5.97 Å². The van der Waals surface area contributed by atoms with E-state index in [1.165, 1.54) is 12.1 Å². The number of hydrogen-bond acceptors (Lipinski definition) is 4. The highest BCUT2D eigenvalue weighted by Gasteiger charge is 2.31. The maximum Gasteiger partial charge on any atom is 0.335 e. The number of carbonyl (C=O) groups is 1. The molecular formula is C12H15NO5S. The minimum atomic E-state index is -3.80. The molecular weight excluding hydrogens is 270 g/mol. The molecule has 19 heavy (non-hydrogen) atoms. The average Bonchev–Trinajstić information content (AvgIpc) is 2.86. The van der Waals surface area contributed by atoms with Crippen LogP contribution >= 0.6 is 0 Å². The molecule has 1 aromatic carbocycles. The summed E-state index contributed by atoms with van der Waals surface area (Å²) < 4.78 is 25.7. The molecule has 0 saturated carbocycles. The van der Waals surface area contributed by atoms with Gasteiger partial charge in [0.1, 0.15) is 0 Å². The van der Waals surface area contributed by atoms with Crippen molar-refractivity contribution in [3.05, 3.63) is 28.8 Å². The van der Waals surface area contributed by atoms with E-state index in [0.717, 1.165) is 4.47 Å². The molecule has 0 spiro atoms. The van der Waals surface area contributed by atoms with Crippen LogP contribution in [0.2, 0.25) is 0 Å². The van der Waals surface area contributed by atoms with Crippen molar-refractivity contribution in [1.29, 1.82) is 0 Å². The van der Waals surface area contributed by atoms with Gasteiger partial charge < -0.3 is 5.11 Å². The lowest BCUT2D eigenvalue weighted by Crippen LogP contribution is -2.27. The van der Waals surface area contributed by atoms with E-state index in [4.69, 9.17) is 9.94 Å². The molecule has 7 heteroatoms. The van der Waals surface area contributed by atoms with Gasteiger partial charge in [0, 0.05) is 6.54 Å². The Morgan fingerprint density at radius 3 is 2.58 bits per heavy atom. The van der Waals surface area contributed by atoms with Gasteiger partial charge in [0.15, 0.2) is 0 Å². The fraction of sp³-hybridized carbons (Fsp3) is 0.417. The van der Waals surface area contributed by atoms with Crippen molar-refractivity contribution in [2.45, 2.75) is 25.2 Å². The predicted molar refractivity (Wildman–Crippen MR) is 67.3 cm³/mol. The maximum atomic E-state index is 12.4. The SMILES string of the molecule is Cc1cc(C(=O)O)cc(S(=O)(=O)N2CCCO2)c1C. The number of nitrogens with zero attached hydrogens (tertiary/aromatic N) is 1. The third-order valence-corrected chi connectivity index (χ3v) is 4.94. The van der Waals surface area contributed by atoms with Gasteiger partial charge in [-0.25, -0.2) is 13.2 Å². The van der Waals surface area contributed by atoms with Gasteiger partial charge in [0.25, 0.3) is 10.0 Å². The first-order valence-corrected chi connectivity index (χ1v) is 7.28. The fourth-order valence-corrected chi connectivity index (χ4v) is 3.57. The fourth-order valence-electron chi connectivity index (χ4n) is 1.94. The quantitative estimate of drug-likeness (QED) is 0.905. The van der Waals surface area contributed by atoms with E-state index < -0.39 is 16.0 Å². The van der Waals surface area contributed by atoms with Crippen LogP contribution in [0.5, 0.6) is 0 Å². The van der Waals surface area contributed by atoms with Crippen molar-refractivity contribution >= 4 is 16.0 Å². The standard InChI is InChI=1S/C12H15NO5S/c1-8-6-10(12(14)15)7-11(9(8)2)19(16,17)13-4-3-5-18-13/h6-7H,3-5H2,1-2H3,(H,14,15). The highest BCUT2D eigenvalue weighted by Crippen LogP contribution is 2.26. The molecule has 0 aromatic heterocycles. The molecule has 0 radical (unpaired) electrons. The molecule has 0 atom stereocenters. The first kappa shape index (κ1) is 14.0. The molecule has 104 valence electrons. The van der Waals surface area contributed by atoms with Crippen molar-refractivity contribution in [2.75, 3.05) is 13.2 Å². The van der Waals surface area contributed by atoms with Crippen LogP contribution in [0, 0.1) is 13.8 Å². The van der Waals surface area contributed by atoms with Crippen LogP contribution in [-0.4, -0.2) is 37.1 Å². The predicted octanol–water partition coefficient (Wildman–Crippen LogP) is 1.33. The topological polar surface area (TPSA) is 83.9 Å². The van der Waals surface area contributed by atoms with Crippen LogP contribution in [0.15, 0.2) is 17.0 Å². The number of hydroxylamine groups is 1. The first-order valence-electron chi connectivity index (χ1n) is 5.84. The lowest BCUT2D eigenvalue weighted by Gasteiger charge is -2.17. The van der Waals surface area contributed by atoms with Crippen LogP contribution in [0.1, 0.15) is 27.9 Å². The molecule has 0 bridgehead atoms. The number of hydrogen-bond donors (Lipinski definition) is 1. The number of aryl methyl sites for hydroxylation is 1. The van der Waals surface area contributed by atoms with E-state index in [9.17, 15) is 13.2 Å². The van der Waals surface area contributed by atoms with E-state index in [0.29, 0.717) is 24.2 Å². The molecule has 2 rings (SSSR count). The Balaban J connectivity index is 2.57. The highest BCUT2D eigenvalue weighted by atomic mass is 32.2. The molecule has 6 nitrogen and oxygen atoms in total. The van der Waals surface area contributed by atoms with Gasteiger partial charge in [-0.3, -0.25) is 4.84 Å². The van der Waals surface area contributed by atoms with Crippen LogP contribution in [0.3, 0.4) is 0 Å². The summed E-state index contributed by atoms with van der Waals surface area (Å²) in [7, 11) is -3.80. The summed E-state index contributed by atoms with van der Waals surface area (Å²) >= 11 is 0. The lowest BCUT2D eigenvalue weighted by atomic mass is 10.1. The van der Waals surface area contributed by atoms with Crippen LogP contribution in [0.25, 0.3) is 0 Å². The van der Waals surface area contributed by atoms with Crippen molar-refractivity contribution < 1.29 is 23.2 Å². The lowest BCUT2D eigenvalue weighted by molar-refractivity contribution is -0.0285. The molecule has 1 aliphatic heterocycles. The zero-order chi connectivity index (χ0) is 14.2. The first-order chi connectivity index (χ1) is 8.84. The molecule has 1 N–H and O–H groups in total. The van der Waals surface area contributed by atoms with Crippen molar-refractivity contribution in [2.24, 2.45) is 0 Å². The summed E-state index contributed by atoms with van der Waals surface area (Å²) in [4.78, 5) is 16.1. The summed E-state index contributed by atoms with van der Waals surface area (Å²) in [6.07, 6.45) is 0.635. The summed E-state index contributed by atoms with van der Waals surface area (Å²) in [5, 5.41) is 9.02. The molecule has 1 aliphatic rings. The second-order valence-corrected chi connectivity index (χ2v) is 6.24. The number of aromatic carboxylic acids is 1. The smallest absolute Gasteiger partial charge is 0.335 e. The minimum Gasteiger partial charge on any atom is -0.478 e. The van der Waals surface area contributed by atoms with E-state index >= 15 is 0 Å². The Hall–Kier alpha value is -1.44. The Bertz CT molecular complexity index is 617. The monoisotopic (exact) mass is 285 g/mol. The number of carboxylic acid groups (broad SMARTS) is 1.